The molecule has 0 bridgehead atoms. The van der Waals surface area contributed by atoms with Crippen molar-refractivity contribution in [2.45, 2.75) is 58.3 Å². The highest BCUT2D eigenvalue weighted by Crippen LogP contribution is 2.44. The third-order valence-electron chi connectivity index (χ3n) is 4.08. The van der Waals surface area contributed by atoms with Gasteiger partial charge in [0, 0.05) is 31.5 Å². The Balaban J connectivity index is 2.35. The van der Waals surface area contributed by atoms with Gasteiger partial charge in [-0.3, -0.25) is 0 Å². The van der Waals surface area contributed by atoms with Crippen molar-refractivity contribution in [2.24, 2.45) is 0 Å². The molecule has 2 atom stereocenters. The monoisotopic (exact) mass is 307 g/mol. The number of hydrogen-bond acceptors (Lipinski definition) is 4. The second-order valence-electron chi connectivity index (χ2n) is 6.29. The van der Waals surface area contributed by atoms with Crippen LogP contribution >= 0.6 is 0 Å². The first-order chi connectivity index (χ1) is 10.5. The van der Waals surface area contributed by atoms with Crippen LogP contribution in [0.3, 0.4) is 0 Å². The maximum atomic E-state index is 6.19. The molecule has 1 aliphatic heterocycles. The van der Waals surface area contributed by atoms with Crippen LogP contribution in [-0.2, 0) is 9.47 Å². The van der Waals surface area contributed by atoms with Crippen molar-refractivity contribution in [3.8, 4) is 5.75 Å². The molecule has 1 N–H and O–H groups in total. The molecule has 4 nitrogen and oxygen atoms in total. The van der Waals surface area contributed by atoms with E-state index in [9.17, 15) is 0 Å². The zero-order valence-electron chi connectivity index (χ0n) is 14.4. The molecule has 2 unspecified atom stereocenters. The minimum Gasteiger partial charge on any atom is -0.485 e. The van der Waals surface area contributed by atoms with E-state index in [1.165, 1.54) is 0 Å². The largest absolute Gasteiger partial charge is 0.485 e. The van der Waals surface area contributed by atoms with Gasteiger partial charge in [-0.25, -0.2) is 0 Å². The SMILES string of the molecule is CCCCOC1c2cc(NCC)ccc2OC(C)(C)C1OC. The molecule has 0 aromatic heterocycles. The molecule has 1 aromatic carbocycles. The minimum absolute atomic E-state index is 0.103. The Hall–Kier alpha value is -1.26. The highest BCUT2D eigenvalue weighted by atomic mass is 16.6. The van der Waals surface area contributed by atoms with Gasteiger partial charge >= 0.3 is 0 Å². The minimum atomic E-state index is -0.418. The Kier molecular flexibility index (Phi) is 5.70. The van der Waals surface area contributed by atoms with Gasteiger partial charge in [0.05, 0.1) is 0 Å². The molecule has 1 aromatic rings. The summed E-state index contributed by atoms with van der Waals surface area (Å²) in [5.41, 5.74) is 1.74. The molecule has 0 saturated carbocycles. The number of hydrogen-bond donors (Lipinski definition) is 1. The van der Waals surface area contributed by atoms with Crippen LogP contribution in [0.15, 0.2) is 18.2 Å². The first-order valence-corrected chi connectivity index (χ1v) is 8.24. The lowest BCUT2D eigenvalue weighted by Gasteiger charge is -2.43. The van der Waals surface area contributed by atoms with Crippen LogP contribution in [-0.4, -0.2) is 32.0 Å². The number of rotatable bonds is 7. The Bertz CT molecular complexity index is 487. The summed E-state index contributed by atoms with van der Waals surface area (Å²) in [6.45, 7) is 9.99. The number of anilines is 1. The molecule has 22 heavy (non-hydrogen) atoms. The summed E-state index contributed by atoms with van der Waals surface area (Å²) < 4.78 is 18.1. The third kappa shape index (κ3) is 3.55. The van der Waals surface area contributed by atoms with E-state index in [0.717, 1.165) is 43.0 Å². The van der Waals surface area contributed by atoms with E-state index in [2.05, 4.69) is 45.1 Å². The van der Waals surface area contributed by atoms with Crippen LogP contribution in [0.1, 0.15) is 52.2 Å². The van der Waals surface area contributed by atoms with E-state index in [-0.39, 0.29) is 12.2 Å². The van der Waals surface area contributed by atoms with E-state index < -0.39 is 5.60 Å². The molecule has 0 amide bonds. The highest BCUT2D eigenvalue weighted by molar-refractivity contribution is 5.53. The van der Waals surface area contributed by atoms with Crippen molar-refractivity contribution in [1.29, 1.82) is 0 Å². The van der Waals surface area contributed by atoms with Gasteiger partial charge in [0.25, 0.3) is 0 Å². The molecule has 1 heterocycles. The van der Waals surface area contributed by atoms with Crippen LogP contribution in [0.25, 0.3) is 0 Å². The highest BCUT2D eigenvalue weighted by Gasteiger charge is 2.45. The zero-order chi connectivity index (χ0) is 16.2. The summed E-state index contributed by atoms with van der Waals surface area (Å²) in [6, 6.07) is 6.20. The molecule has 0 fully saturated rings. The molecule has 0 spiro atoms. The standard InChI is InChI=1S/C18H29NO3/c1-6-8-11-21-16-14-12-13(19-7-2)9-10-15(14)22-18(3,4)17(16)20-5/h9-10,12,16-17,19H,6-8,11H2,1-5H3. The third-order valence-corrected chi connectivity index (χ3v) is 4.08. The number of methoxy groups -OCH3 is 1. The fourth-order valence-electron chi connectivity index (χ4n) is 2.99. The summed E-state index contributed by atoms with van der Waals surface area (Å²) in [5.74, 6) is 0.890. The van der Waals surface area contributed by atoms with Crippen molar-refractivity contribution < 1.29 is 14.2 Å². The van der Waals surface area contributed by atoms with Gasteiger partial charge in [0.15, 0.2) is 0 Å². The number of nitrogens with one attached hydrogen (secondary N) is 1. The normalized spacial score (nSPS) is 22.8. The first kappa shape index (κ1) is 17.1. The molecule has 124 valence electrons. The predicted octanol–water partition coefficient (Wildman–Crippen LogP) is 4.16. The molecule has 2 rings (SSSR count). The molecule has 0 aliphatic carbocycles. The van der Waals surface area contributed by atoms with Gasteiger partial charge in [-0.05, 0) is 45.4 Å². The summed E-state index contributed by atoms with van der Waals surface area (Å²) in [4.78, 5) is 0. The number of unbranched alkanes of at least 4 members (excludes halogenated alkanes) is 1. The van der Waals surface area contributed by atoms with Gasteiger partial charge < -0.3 is 19.5 Å². The van der Waals surface area contributed by atoms with E-state index in [0.29, 0.717) is 0 Å². The van der Waals surface area contributed by atoms with Gasteiger partial charge in [-0.2, -0.15) is 0 Å². The number of fused-ring (bicyclic) bond motifs is 1. The van der Waals surface area contributed by atoms with E-state index in [1.807, 2.05) is 6.07 Å². The van der Waals surface area contributed by atoms with Gasteiger partial charge in [-0.15, -0.1) is 0 Å². The van der Waals surface area contributed by atoms with E-state index in [4.69, 9.17) is 14.2 Å². The molecular weight excluding hydrogens is 278 g/mol. The molecule has 4 heteroatoms. The fourth-order valence-corrected chi connectivity index (χ4v) is 2.99. The quantitative estimate of drug-likeness (QED) is 0.768. The topological polar surface area (TPSA) is 39.7 Å². The van der Waals surface area contributed by atoms with Crippen LogP contribution in [0, 0.1) is 0 Å². The first-order valence-electron chi connectivity index (χ1n) is 8.24. The fraction of sp³-hybridized carbons (Fsp3) is 0.667. The van der Waals surface area contributed by atoms with Crippen molar-refractivity contribution in [2.75, 3.05) is 25.6 Å². The Morgan fingerprint density at radius 1 is 1.27 bits per heavy atom. The molecular formula is C18H29NO3. The number of benzene rings is 1. The number of ether oxygens (including phenoxy) is 3. The van der Waals surface area contributed by atoms with Crippen molar-refractivity contribution >= 4 is 5.69 Å². The summed E-state index contributed by atoms with van der Waals surface area (Å²) >= 11 is 0. The van der Waals surface area contributed by atoms with Crippen LogP contribution in [0.2, 0.25) is 0 Å². The Morgan fingerprint density at radius 3 is 2.68 bits per heavy atom. The van der Waals surface area contributed by atoms with Crippen LogP contribution in [0.4, 0.5) is 5.69 Å². The molecule has 0 radical (unpaired) electrons. The van der Waals surface area contributed by atoms with Crippen molar-refractivity contribution in [3.63, 3.8) is 0 Å². The van der Waals surface area contributed by atoms with Gasteiger partial charge in [0.1, 0.15) is 23.6 Å². The lowest BCUT2D eigenvalue weighted by atomic mass is 9.88. The lowest BCUT2D eigenvalue weighted by Crippen LogP contribution is -2.50. The average molecular weight is 307 g/mol. The average Bonchev–Trinajstić information content (AvgIpc) is 2.47. The van der Waals surface area contributed by atoms with Crippen LogP contribution < -0.4 is 10.1 Å². The van der Waals surface area contributed by atoms with Gasteiger partial charge in [-0.1, -0.05) is 13.3 Å². The zero-order valence-corrected chi connectivity index (χ0v) is 14.4. The maximum Gasteiger partial charge on any atom is 0.132 e. The summed E-state index contributed by atoms with van der Waals surface area (Å²) in [6.07, 6.45) is 1.94. The summed E-state index contributed by atoms with van der Waals surface area (Å²) in [7, 11) is 1.73. The summed E-state index contributed by atoms with van der Waals surface area (Å²) in [5, 5.41) is 3.35. The molecule has 1 aliphatic rings. The maximum absolute atomic E-state index is 6.19. The smallest absolute Gasteiger partial charge is 0.132 e. The van der Waals surface area contributed by atoms with Crippen molar-refractivity contribution in [1.82, 2.24) is 0 Å². The second kappa shape index (κ2) is 7.34. The van der Waals surface area contributed by atoms with Crippen LogP contribution in [0.5, 0.6) is 5.75 Å². The van der Waals surface area contributed by atoms with Gasteiger partial charge in [0.2, 0.25) is 0 Å². The van der Waals surface area contributed by atoms with Crippen molar-refractivity contribution in [3.05, 3.63) is 23.8 Å². The lowest BCUT2D eigenvalue weighted by molar-refractivity contribution is -0.150. The Morgan fingerprint density at radius 2 is 2.05 bits per heavy atom. The molecule has 0 saturated heterocycles. The predicted molar refractivity (Wildman–Crippen MR) is 89.7 cm³/mol. The van der Waals surface area contributed by atoms with E-state index in [1.54, 1.807) is 7.11 Å². The Labute approximate surface area is 134 Å². The second-order valence-corrected chi connectivity index (χ2v) is 6.29. The van der Waals surface area contributed by atoms with E-state index >= 15 is 0 Å².